The van der Waals surface area contributed by atoms with E-state index < -0.39 is 0 Å². The number of benzene rings is 1. The maximum absolute atomic E-state index is 10.4. The highest BCUT2D eigenvalue weighted by atomic mass is 16.3. The minimum absolute atomic E-state index is 0. The van der Waals surface area contributed by atoms with Crippen LogP contribution < -0.4 is 15.6 Å². The summed E-state index contributed by atoms with van der Waals surface area (Å²) < 4.78 is 0. The topological polar surface area (TPSA) is 85.2 Å². The van der Waals surface area contributed by atoms with Gasteiger partial charge in [-0.15, -0.1) is 0 Å². The van der Waals surface area contributed by atoms with Crippen molar-refractivity contribution in [1.29, 1.82) is 0 Å². The third-order valence-corrected chi connectivity index (χ3v) is 3.56. The van der Waals surface area contributed by atoms with Crippen molar-refractivity contribution in [2.45, 2.75) is 6.92 Å². The summed E-state index contributed by atoms with van der Waals surface area (Å²) >= 11 is 0. The smallest absolute Gasteiger partial charge is 0.235 e. The molecule has 4 rings (SSSR count). The van der Waals surface area contributed by atoms with E-state index in [1.165, 1.54) is 5.01 Å². The molecule has 0 bridgehead atoms. The molecule has 0 saturated heterocycles. The molecular weight excluding hydrogens is 280 g/mol. The van der Waals surface area contributed by atoms with E-state index in [4.69, 9.17) is 0 Å². The van der Waals surface area contributed by atoms with Crippen LogP contribution >= 0.6 is 0 Å². The summed E-state index contributed by atoms with van der Waals surface area (Å²) in [7, 11) is 0. The maximum Gasteiger partial charge on any atom is 0.235 e. The molecule has 0 unspecified atom stereocenters. The van der Waals surface area contributed by atoms with Crippen LogP contribution in [-0.4, -0.2) is 15.6 Å². The zero-order valence-corrected chi connectivity index (χ0v) is 11.9. The van der Waals surface area contributed by atoms with Gasteiger partial charge in [0.25, 0.3) is 0 Å². The van der Waals surface area contributed by atoms with Crippen LogP contribution in [-0.2, 0) is 0 Å². The lowest BCUT2D eigenvalue weighted by Gasteiger charge is -2.23. The maximum atomic E-state index is 10.4. The molecule has 1 aromatic heterocycles. The zero-order valence-electron chi connectivity index (χ0n) is 11.9. The number of aliphatic hydroxyl groups is 1. The molecule has 0 spiro atoms. The Hall–Kier alpha value is -2.83. The van der Waals surface area contributed by atoms with Gasteiger partial charge in [0.15, 0.2) is 0 Å². The first-order valence-corrected chi connectivity index (χ1v) is 6.69. The van der Waals surface area contributed by atoms with Crippen LogP contribution in [0.1, 0.15) is 11.3 Å². The predicted molar refractivity (Wildman–Crippen MR) is 84.8 cm³/mol. The molecule has 6 heteroatoms. The largest absolute Gasteiger partial charge is 0.492 e. The summed E-state index contributed by atoms with van der Waals surface area (Å²) in [5.74, 6) is 0.103. The van der Waals surface area contributed by atoms with Crippen molar-refractivity contribution in [1.82, 2.24) is 10.5 Å². The molecule has 0 amide bonds. The van der Waals surface area contributed by atoms with E-state index in [0.29, 0.717) is 5.70 Å². The Morgan fingerprint density at radius 3 is 2.59 bits per heavy atom. The normalized spacial score (nSPS) is 15.5. The molecule has 0 fully saturated rings. The molecule has 0 aliphatic carbocycles. The van der Waals surface area contributed by atoms with Crippen LogP contribution in [0.2, 0.25) is 0 Å². The fourth-order valence-corrected chi connectivity index (χ4v) is 2.46. The molecule has 3 heterocycles. The highest BCUT2D eigenvalue weighted by Gasteiger charge is 2.34. The van der Waals surface area contributed by atoms with Gasteiger partial charge in [-0.25, -0.2) is 10.0 Å². The molecule has 2 aliphatic heterocycles. The van der Waals surface area contributed by atoms with Crippen LogP contribution in [0.25, 0.3) is 6.08 Å². The van der Waals surface area contributed by atoms with E-state index >= 15 is 0 Å². The van der Waals surface area contributed by atoms with Gasteiger partial charge in [-0.05, 0) is 42.3 Å². The van der Waals surface area contributed by atoms with Crippen molar-refractivity contribution in [2.24, 2.45) is 0 Å². The van der Waals surface area contributed by atoms with Gasteiger partial charge in [0.1, 0.15) is 5.70 Å². The molecule has 2 aliphatic rings. The highest BCUT2D eigenvalue weighted by molar-refractivity contribution is 5.78. The van der Waals surface area contributed by atoms with Gasteiger partial charge in [-0.3, -0.25) is 4.98 Å². The minimum atomic E-state index is 0. The second-order valence-electron chi connectivity index (χ2n) is 4.97. The Balaban J connectivity index is 0.00000144. The van der Waals surface area contributed by atoms with E-state index in [9.17, 15) is 5.11 Å². The summed E-state index contributed by atoms with van der Waals surface area (Å²) in [4.78, 5) is 4.25. The van der Waals surface area contributed by atoms with Gasteiger partial charge in [0.2, 0.25) is 5.88 Å². The lowest BCUT2D eigenvalue weighted by molar-refractivity contribution is 0.387. The Morgan fingerprint density at radius 2 is 1.82 bits per heavy atom. The Kier molecular flexibility index (Phi) is 3.32. The third-order valence-electron chi connectivity index (χ3n) is 3.56. The van der Waals surface area contributed by atoms with Crippen LogP contribution in [0.15, 0.2) is 60.3 Å². The number of para-hydroxylation sites is 1. The number of anilines is 2. The first kappa shape index (κ1) is 14.1. The molecule has 3 N–H and O–H groups in total. The van der Waals surface area contributed by atoms with Crippen molar-refractivity contribution in [2.75, 3.05) is 10.0 Å². The molecule has 0 saturated carbocycles. The zero-order chi connectivity index (χ0) is 14.4. The number of aliphatic hydroxyl groups excluding tert-OH is 1. The molecule has 1 aromatic carbocycles. The second kappa shape index (κ2) is 5.18. The monoisotopic (exact) mass is 295 g/mol. The van der Waals surface area contributed by atoms with Crippen molar-refractivity contribution < 1.29 is 10.6 Å². The summed E-state index contributed by atoms with van der Waals surface area (Å²) in [6.45, 7) is 1.92. The van der Waals surface area contributed by atoms with Crippen molar-refractivity contribution >= 4 is 17.5 Å². The fraction of sp³-hybridized carbons (Fsp3) is 0.0625. The molecular formula is C16H15N4O2. The standard InChI is InChI=1S/C16H13N4O.H2O/c1-11-6-8-13(10-17-11)19-16(21)15-9-7-12-4-2-3-5-14(12)20(15)18-19;/h2-10,21H,1H3;1H2. The molecule has 2 aromatic rings. The van der Waals surface area contributed by atoms with Crippen LogP contribution in [0.3, 0.4) is 0 Å². The summed E-state index contributed by atoms with van der Waals surface area (Å²) in [6, 6.07) is 11.7. The number of fused-ring (bicyclic) bond motifs is 3. The van der Waals surface area contributed by atoms with Gasteiger partial charge < -0.3 is 10.6 Å². The highest BCUT2D eigenvalue weighted by Crippen LogP contribution is 2.36. The second-order valence-corrected chi connectivity index (χ2v) is 4.97. The number of rotatable bonds is 1. The number of nitrogens with zero attached hydrogens (tertiary/aromatic N) is 4. The Bertz CT molecular complexity index is 768. The van der Waals surface area contributed by atoms with Gasteiger partial charge >= 0.3 is 0 Å². The molecule has 0 atom stereocenters. The molecule has 6 nitrogen and oxygen atoms in total. The lowest BCUT2D eigenvalue weighted by Crippen LogP contribution is -2.35. The number of aryl methyl sites for hydroxylation is 1. The summed E-state index contributed by atoms with van der Waals surface area (Å²) in [5, 5.41) is 13.7. The Labute approximate surface area is 127 Å². The van der Waals surface area contributed by atoms with Crippen molar-refractivity contribution in [3.63, 3.8) is 0 Å². The third kappa shape index (κ3) is 2.02. The van der Waals surface area contributed by atoms with Gasteiger partial charge in [0, 0.05) is 5.69 Å². The molecule has 111 valence electrons. The van der Waals surface area contributed by atoms with Crippen molar-refractivity contribution in [3.8, 4) is 0 Å². The van der Waals surface area contributed by atoms with Crippen LogP contribution in [0, 0.1) is 6.92 Å². The van der Waals surface area contributed by atoms with Crippen LogP contribution in [0.5, 0.6) is 0 Å². The number of allylic oxidation sites excluding steroid dienone is 1. The molecule has 22 heavy (non-hydrogen) atoms. The first-order valence-electron chi connectivity index (χ1n) is 6.69. The van der Waals surface area contributed by atoms with E-state index in [1.807, 2.05) is 55.5 Å². The predicted octanol–water partition coefficient (Wildman–Crippen LogP) is 2.08. The average Bonchev–Trinajstić information content (AvgIpc) is 2.86. The van der Waals surface area contributed by atoms with E-state index in [2.05, 4.69) is 10.5 Å². The minimum Gasteiger partial charge on any atom is -0.492 e. The summed E-state index contributed by atoms with van der Waals surface area (Å²) in [5.41, 5.74) is 8.82. The van der Waals surface area contributed by atoms with Gasteiger partial charge in [-0.1, -0.05) is 24.3 Å². The Morgan fingerprint density at radius 1 is 1.00 bits per heavy atom. The summed E-state index contributed by atoms with van der Waals surface area (Å²) in [6.07, 6.45) is 5.54. The fourth-order valence-electron chi connectivity index (χ4n) is 2.46. The quantitative estimate of drug-likeness (QED) is 0.872. The molecule has 1 radical (unpaired) electrons. The SMILES string of the molecule is Cc1ccc(N2[N]N3C(=C2O)C=Cc2ccccc23)cn1.O. The van der Waals surface area contributed by atoms with E-state index in [0.717, 1.165) is 22.6 Å². The lowest BCUT2D eigenvalue weighted by atomic mass is 10.1. The number of aromatic nitrogens is 1. The number of hydrogen-bond acceptors (Lipinski definition) is 4. The first-order chi connectivity index (χ1) is 10.2. The van der Waals surface area contributed by atoms with E-state index in [-0.39, 0.29) is 11.4 Å². The average molecular weight is 295 g/mol. The van der Waals surface area contributed by atoms with Crippen LogP contribution in [0.4, 0.5) is 11.4 Å². The van der Waals surface area contributed by atoms with Gasteiger partial charge in [0.05, 0.1) is 17.6 Å². The van der Waals surface area contributed by atoms with E-state index in [1.54, 1.807) is 11.2 Å². The number of hydrogen-bond donors (Lipinski definition) is 1. The van der Waals surface area contributed by atoms with Crippen molar-refractivity contribution in [3.05, 3.63) is 71.5 Å². The van der Waals surface area contributed by atoms with Gasteiger partial charge in [-0.2, -0.15) is 0 Å². The number of pyridine rings is 1.